The zero-order chi connectivity index (χ0) is 24.0. The smallest absolute Gasteiger partial charge is 0.243 e. The van der Waals surface area contributed by atoms with Crippen molar-refractivity contribution in [2.75, 3.05) is 75.8 Å². The zero-order valence-corrected chi connectivity index (χ0v) is 20.4. The average molecular weight is 494 g/mol. The maximum absolute atomic E-state index is 13.2. The van der Waals surface area contributed by atoms with Crippen molar-refractivity contribution in [3.05, 3.63) is 18.2 Å². The SMILES string of the molecule is O=C(CNc1cc(S(=O)(=O)N2CCCCC2)ccc1N1CCOCC1)NCC(=O)N1CCCC1. The predicted octanol–water partition coefficient (Wildman–Crippen LogP) is 0.848. The lowest BCUT2D eigenvalue weighted by molar-refractivity contribution is -0.131. The number of rotatable bonds is 8. The van der Waals surface area contributed by atoms with Crippen LogP contribution in [0.5, 0.6) is 0 Å². The highest BCUT2D eigenvalue weighted by molar-refractivity contribution is 7.89. The summed E-state index contributed by atoms with van der Waals surface area (Å²) in [6, 6.07) is 5.07. The Balaban J connectivity index is 1.45. The van der Waals surface area contributed by atoms with Crippen LogP contribution in [0.3, 0.4) is 0 Å². The van der Waals surface area contributed by atoms with Gasteiger partial charge in [-0.3, -0.25) is 9.59 Å². The Morgan fingerprint density at radius 2 is 1.56 bits per heavy atom. The largest absolute Gasteiger partial charge is 0.378 e. The zero-order valence-electron chi connectivity index (χ0n) is 19.6. The maximum atomic E-state index is 13.2. The van der Waals surface area contributed by atoms with Gasteiger partial charge in [0.1, 0.15) is 0 Å². The van der Waals surface area contributed by atoms with E-state index in [1.54, 1.807) is 27.4 Å². The molecule has 3 saturated heterocycles. The highest BCUT2D eigenvalue weighted by Gasteiger charge is 2.27. The lowest BCUT2D eigenvalue weighted by atomic mass is 10.2. The summed E-state index contributed by atoms with van der Waals surface area (Å²) in [5.74, 6) is -0.390. The molecular weight excluding hydrogens is 458 g/mol. The van der Waals surface area contributed by atoms with Gasteiger partial charge >= 0.3 is 0 Å². The quantitative estimate of drug-likeness (QED) is 0.552. The first-order chi connectivity index (χ1) is 16.4. The highest BCUT2D eigenvalue weighted by atomic mass is 32.2. The molecule has 0 aliphatic carbocycles. The molecule has 4 rings (SSSR count). The van der Waals surface area contributed by atoms with E-state index in [9.17, 15) is 18.0 Å². The number of carbonyl (C=O) groups is 2. The minimum absolute atomic E-state index is 0.0276. The Morgan fingerprint density at radius 3 is 2.26 bits per heavy atom. The summed E-state index contributed by atoms with van der Waals surface area (Å²) < 4.78 is 33.4. The van der Waals surface area contributed by atoms with Crippen LogP contribution in [0.25, 0.3) is 0 Å². The molecule has 2 N–H and O–H groups in total. The third kappa shape index (κ3) is 6.00. The second-order valence-electron chi connectivity index (χ2n) is 8.96. The molecule has 0 spiro atoms. The number of benzene rings is 1. The van der Waals surface area contributed by atoms with Gasteiger partial charge < -0.3 is 25.2 Å². The van der Waals surface area contributed by atoms with E-state index in [0.29, 0.717) is 45.1 Å². The number of hydrogen-bond donors (Lipinski definition) is 2. The Bertz CT molecular complexity index is 968. The fourth-order valence-electron chi connectivity index (χ4n) is 4.64. The molecule has 3 aliphatic rings. The standard InChI is InChI=1S/C23H35N5O5S/c29-22(25-18-23(30)27-8-4-5-9-27)17-24-20-16-19(34(31,32)28-10-2-1-3-11-28)6-7-21(20)26-12-14-33-15-13-26/h6-7,16,24H,1-5,8-15,17-18H2,(H,25,29). The molecule has 0 atom stereocenters. The maximum Gasteiger partial charge on any atom is 0.243 e. The van der Waals surface area contributed by atoms with Crippen molar-refractivity contribution < 1.29 is 22.7 Å². The second kappa shape index (κ2) is 11.4. The van der Waals surface area contributed by atoms with Crippen molar-refractivity contribution in [2.45, 2.75) is 37.0 Å². The molecule has 2 amide bonds. The second-order valence-corrected chi connectivity index (χ2v) is 10.9. The number of nitrogens with zero attached hydrogens (tertiary/aromatic N) is 3. The van der Waals surface area contributed by atoms with Gasteiger partial charge in [-0.1, -0.05) is 6.42 Å². The van der Waals surface area contributed by atoms with E-state index in [1.807, 2.05) is 0 Å². The normalized spacial score (nSPS) is 19.8. The molecule has 0 unspecified atom stereocenters. The van der Waals surface area contributed by atoms with Crippen LogP contribution >= 0.6 is 0 Å². The summed E-state index contributed by atoms with van der Waals surface area (Å²) in [5, 5.41) is 5.79. The van der Waals surface area contributed by atoms with Crippen molar-refractivity contribution in [1.82, 2.24) is 14.5 Å². The fraction of sp³-hybridized carbons (Fsp3) is 0.652. The van der Waals surface area contributed by atoms with Crippen LogP contribution < -0.4 is 15.5 Å². The minimum Gasteiger partial charge on any atom is -0.378 e. The molecule has 0 aromatic heterocycles. The molecule has 11 heteroatoms. The van der Waals surface area contributed by atoms with Gasteiger partial charge in [-0.05, 0) is 43.9 Å². The summed E-state index contributed by atoms with van der Waals surface area (Å²) in [6.45, 7) is 5.01. The van der Waals surface area contributed by atoms with E-state index < -0.39 is 10.0 Å². The van der Waals surface area contributed by atoms with Gasteiger partial charge in [-0.2, -0.15) is 4.31 Å². The lowest BCUT2D eigenvalue weighted by Crippen LogP contribution is -2.41. The molecule has 0 saturated carbocycles. The highest BCUT2D eigenvalue weighted by Crippen LogP contribution is 2.31. The van der Waals surface area contributed by atoms with E-state index in [2.05, 4.69) is 15.5 Å². The number of hydrogen-bond acceptors (Lipinski definition) is 7. The van der Waals surface area contributed by atoms with Gasteiger partial charge in [0.05, 0.1) is 42.6 Å². The van der Waals surface area contributed by atoms with Crippen molar-refractivity contribution in [2.24, 2.45) is 0 Å². The van der Waals surface area contributed by atoms with Crippen molar-refractivity contribution >= 4 is 33.2 Å². The van der Waals surface area contributed by atoms with Gasteiger partial charge in [-0.15, -0.1) is 0 Å². The first-order valence-electron chi connectivity index (χ1n) is 12.2. The first-order valence-corrected chi connectivity index (χ1v) is 13.6. The van der Waals surface area contributed by atoms with Crippen LogP contribution in [0.1, 0.15) is 32.1 Å². The summed E-state index contributed by atoms with van der Waals surface area (Å²) in [4.78, 5) is 28.7. The van der Waals surface area contributed by atoms with Gasteiger partial charge in [0.15, 0.2) is 0 Å². The molecule has 1 aromatic rings. The number of anilines is 2. The van der Waals surface area contributed by atoms with E-state index >= 15 is 0 Å². The van der Waals surface area contributed by atoms with Crippen LogP contribution in [0.2, 0.25) is 0 Å². The molecule has 10 nitrogen and oxygen atoms in total. The van der Waals surface area contributed by atoms with Crippen molar-refractivity contribution in [3.8, 4) is 0 Å². The average Bonchev–Trinajstić information content (AvgIpc) is 3.42. The Kier molecular flexibility index (Phi) is 8.28. The molecule has 3 aliphatic heterocycles. The van der Waals surface area contributed by atoms with Crippen LogP contribution in [0.15, 0.2) is 23.1 Å². The molecular formula is C23H35N5O5S. The van der Waals surface area contributed by atoms with Gasteiger partial charge in [0, 0.05) is 39.3 Å². The van der Waals surface area contributed by atoms with Gasteiger partial charge in [0.25, 0.3) is 0 Å². The van der Waals surface area contributed by atoms with E-state index in [1.165, 1.54) is 0 Å². The van der Waals surface area contributed by atoms with Crippen LogP contribution in [0, 0.1) is 0 Å². The summed E-state index contributed by atoms with van der Waals surface area (Å²) in [5.41, 5.74) is 1.42. The van der Waals surface area contributed by atoms with E-state index in [-0.39, 0.29) is 29.8 Å². The molecule has 0 bridgehead atoms. The number of piperidine rings is 1. The van der Waals surface area contributed by atoms with E-state index in [4.69, 9.17) is 4.74 Å². The summed E-state index contributed by atoms with van der Waals surface area (Å²) >= 11 is 0. The fourth-order valence-corrected chi connectivity index (χ4v) is 6.19. The van der Waals surface area contributed by atoms with Crippen molar-refractivity contribution in [3.63, 3.8) is 0 Å². The molecule has 34 heavy (non-hydrogen) atoms. The third-order valence-electron chi connectivity index (χ3n) is 6.61. The minimum atomic E-state index is -3.60. The van der Waals surface area contributed by atoms with Crippen LogP contribution in [0.4, 0.5) is 11.4 Å². The van der Waals surface area contributed by atoms with Crippen LogP contribution in [-0.2, 0) is 24.3 Å². The number of amides is 2. The van der Waals surface area contributed by atoms with Gasteiger partial charge in [0.2, 0.25) is 21.8 Å². The molecule has 3 fully saturated rings. The molecule has 3 heterocycles. The van der Waals surface area contributed by atoms with E-state index in [0.717, 1.165) is 50.9 Å². The lowest BCUT2D eigenvalue weighted by Gasteiger charge is -2.31. The topological polar surface area (TPSA) is 111 Å². The molecule has 1 aromatic carbocycles. The number of likely N-dealkylation sites (tertiary alicyclic amines) is 1. The summed E-state index contributed by atoms with van der Waals surface area (Å²) in [7, 11) is -3.60. The Hall–Kier alpha value is -2.37. The molecule has 188 valence electrons. The van der Waals surface area contributed by atoms with Crippen molar-refractivity contribution in [1.29, 1.82) is 0 Å². The molecule has 0 radical (unpaired) electrons. The third-order valence-corrected chi connectivity index (χ3v) is 8.50. The van der Waals surface area contributed by atoms with Gasteiger partial charge in [-0.25, -0.2) is 8.42 Å². The monoisotopic (exact) mass is 493 g/mol. The Labute approximate surface area is 201 Å². The Morgan fingerprint density at radius 1 is 0.882 bits per heavy atom. The predicted molar refractivity (Wildman–Crippen MR) is 129 cm³/mol. The number of ether oxygens (including phenoxy) is 1. The number of carbonyl (C=O) groups excluding carboxylic acids is 2. The first kappa shape index (κ1) is 24.7. The number of nitrogens with one attached hydrogen (secondary N) is 2. The number of morpholine rings is 1. The van der Waals surface area contributed by atoms with Crippen LogP contribution in [-0.4, -0.2) is 95.0 Å². The summed E-state index contributed by atoms with van der Waals surface area (Å²) in [6.07, 6.45) is 4.79. The number of sulfonamides is 1.